The molecule has 1 unspecified atom stereocenters. The summed E-state index contributed by atoms with van der Waals surface area (Å²) in [6.45, 7) is 2.20. The first kappa shape index (κ1) is 16.4. The van der Waals surface area contributed by atoms with E-state index in [1.807, 2.05) is 37.3 Å². The molecule has 2 N–H and O–H groups in total. The number of nitrogens with zero attached hydrogens (tertiary/aromatic N) is 3. The van der Waals surface area contributed by atoms with Crippen LogP contribution in [0.3, 0.4) is 0 Å². The SMILES string of the molecule is Cc1cc(NCC(O)c2ccccc2Cl)nc(-c2cccnc2)n1. The Bertz CT molecular complexity index is 826. The quantitative estimate of drug-likeness (QED) is 0.742. The summed E-state index contributed by atoms with van der Waals surface area (Å²) >= 11 is 6.11. The molecule has 2 heterocycles. The van der Waals surface area contributed by atoms with E-state index in [1.54, 1.807) is 24.5 Å². The fourth-order valence-corrected chi connectivity index (χ4v) is 2.60. The van der Waals surface area contributed by atoms with Gasteiger partial charge >= 0.3 is 0 Å². The fraction of sp³-hybridized carbons (Fsp3) is 0.167. The van der Waals surface area contributed by atoms with Crippen LogP contribution < -0.4 is 5.32 Å². The number of benzene rings is 1. The lowest BCUT2D eigenvalue weighted by molar-refractivity contribution is 0.191. The maximum atomic E-state index is 10.3. The number of pyridine rings is 1. The van der Waals surface area contributed by atoms with Crippen LogP contribution in [0.4, 0.5) is 5.82 Å². The van der Waals surface area contributed by atoms with Crippen molar-refractivity contribution < 1.29 is 5.11 Å². The number of halogens is 1. The molecule has 6 heteroatoms. The summed E-state index contributed by atoms with van der Waals surface area (Å²) in [6, 6.07) is 12.8. The van der Waals surface area contributed by atoms with E-state index in [4.69, 9.17) is 11.6 Å². The number of nitrogens with one attached hydrogen (secondary N) is 1. The molecule has 0 saturated carbocycles. The minimum Gasteiger partial charge on any atom is -0.387 e. The average molecular weight is 341 g/mol. The molecule has 3 rings (SSSR count). The fourth-order valence-electron chi connectivity index (χ4n) is 2.34. The third-order valence-electron chi connectivity index (χ3n) is 3.51. The minimum absolute atomic E-state index is 0.298. The van der Waals surface area contributed by atoms with Gasteiger partial charge in [-0.05, 0) is 25.1 Å². The summed E-state index contributed by atoms with van der Waals surface area (Å²) in [5, 5.41) is 14.0. The standard InChI is InChI=1S/C18H17ClN4O/c1-12-9-17(23-18(22-12)13-5-4-8-20-10-13)21-11-16(24)14-6-2-3-7-15(14)19/h2-10,16,24H,11H2,1H3,(H,21,22,23). The Morgan fingerprint density at radius 2 is 2.00 bits per heavy atom. The predicted molar refractivity (Wildman–Crippen MR) is 94.9 cm³/mol. The maximum absolute atomic E-state index is 10.3. The van der Waals surface area contributed by atoms with Crippen molar-refractivity contribution in [1.82, 2.24) is 15.0 Å². The van der Waals surface area contributed by atoms with Crippen LogP contribution in [-0.4, -0.2) is 26.6 Å². The van der Waals surface area contributed by atoms with Gasteiger partial charge in [-0.25, -0.2) is 9.97 Å². The van der Waals surface area contributed by atoms with Crippen LogP contribution in [0.25, 0.3) is 11.4 Å². The largest absolute Gasteiger partial charge is 0.387 e. The van der Waals surface area contributed by atoms with Gasteiger partial charge in [-0.2, -0.15) is 0 Å². The second-order valence-electron chi connectivity index (χ2n) is 5.38. The Balaban J connectivity index is 1.76. The van der Waals surface area contributed by atoms with E-state index in [0.717, 1.165) is 11.3 Å². The number of rotatable bonds is 5. The summed E-state index contributed by atoms with van der Waals surface area (Å²) < 4.78 is 0. The highest BCUT2D eigenvalue weighted by molar-refractivity contribution is 6.31. The average Bonchev–Trinajstić information content (AvgIpc) is 2.60. The smallest absolute Gasteiger partial charge is 0.163 e. The van der Waals surface area contributed by atoms with Crippen molar-refractivity contribution in [2.24, 2.45) is 0 Å². The molecule has 0 radical (unpaired) electrons. The zero-order valence-corrected chi connectivity index (χ0v) is 13.9. The first-order valence-electron chi connectivity index (χ1n) is 7.56. The monoisotopic (exact) mass is 340 g/mol. The van der Waals surface area contributed by atoms with Gasteiger partial charge in [0.1, 0.15) is 5.82 Å². The lowest BCUT2D eigenvalue weighted by Crippen LogP contribution is -2.14. The van der Waals surface area contributed by atoms with Crippen LogP contribution in [0.2, 0.25) is 5.02 Å². The molecule has 0 bridgehead atoms. The third kappa shape index (κ3) is 3.88. The van der Waals surface area contributed by atoms with Gasteiger partial charge in [-0.1, -0.05) is 29.8 Å². The second kappa shape index (κ2) is 7.38. The first-order chi connectivity index (χ1) is 11.6. The lowest BCUT2D eigenvalue weighted by atomic mass is 10.1. The van der Waals surface area contributed by atoms with Crippen LogP contribution in [0.15, 0.2) is 54.9 Å². The number of anilines is 1. The van der Waals surface area contributed by atoms with Gasteiger partial charge < -0.3 is 10.4 Å². The molecule has 3 aromatic rings. The minimum atomic E-state index is -0.726. The molecule has 0 aliphatic heterocycles. The number of aromatic nitrogens is 3. The van der Waals surface area contributed by atoms with Crippen molar-refractivity contribution in [3.05, 3.63) is 71.1 Å². The summed E-state index contributed by atoms with van der Waals surface area (Å²) in [6.07, 6.45) is 2.70. The zero-order chi connectivity index (χ0) is 16.9. The van der Waals surface area contributed by atoms with Crippen molar-refractivity contribution in [1.29, 1.82) is 0 Å². The molecule has 122 valence electrons. The zero-order valence-electron chi connectivity index (χ0n) is 13.1. The van der Waals surface area contributed by atoms with Crippen molar-refractivity contribution in [3.8, 4) is 11.4 Å². The van der Waals surface area contributed by atoms with E-state index in [0.29, 0.717) is 28.8 Å². The van der Waals surface area contributed by atoms with E-state index < -0.39 is 6.10 Å². The topological polar surface area (TPSA) is 70.9 Å². The molecule has 2 aromatic heterocycles. The Labute approximate surface area is 145 Å². The molecular weight excluding hydrogens is 324 g/mol. The van der Waals surface area contributed by atoms with Crippen molar-refractivity contribution in [2.45, 2.75) is 13.0 Å². The summed E-state index contributed by atoms with van der Waals surface area (Å²) in [5.41, 5.74) is 2.36. The number of aliphatic hydroxyl groups excluding tert-OH is 1. The van der Waals surface area contributed by atoms with E-state index >= 15 is 0 Å². The van der Waals surface area contributed by atoms with Crippen molar-refractivity contribution in [3.63, 3.8) is 0 Å². The van der Waals surface area contributed by atoms with Crippen LogP contribution in [0.5, 0.6) is 0 Å². The predicted octanol–water partition coefficient (Wildman–Crippen LogP) is 3.65. The summed E-state index contributed by atoms with van der Waals surface area (Å²) in [7, 11) is 0. The van der Waals surface area contributed by atoms with Crippen LogP contribution in [-0.2, 0) is 0 Å². The van der Waals surface area contributed by atoms with E-state index in [1.165, 1.54) is 0 Å². The van der Waals surface area contributed by atoms with Gasteiger partial charge in [0, 0.05) is 46.8 Å². The van der Waals surface area contributed by atoms with Gasteiger partial charge in [0.25, 0.3) is 0 Å². The molecular formula is C18H17ClN4O. The van der Waals surface area contributed by atoms with Gasteiger partial charge in [-0.15, -0.1) is 0 Å². The molecule has 1 aromatic carbocycles. The Kier molecular flexibility index (Phi) is 5.03. The van der Waals surface area contributed by atoms with Gasteiger partial charge in [-0.3, -0.25) is 4.98 Å². The molecule has 24 heavy (non-hydrogen) atoms. The lowest BCUT2D eigenvalue weighted by Gasteiger charge is -2.14. The molecule has 5 nitrogen and oxygen atoms in total. The van der Waals surface area contributed by atoms with E-state index in [2.05, 4.69) is 20.3 Å². The van der Waals surface area contributed by atoms with Crippen molar-refractivity contribution >= 4 is 17.4 Å². The molecule has 1 atom stereocenters. The molecule has 0 aliphatic rings. The summed E-state index contributed by atoms with van der Waals surface area (Å²) in [4.78, 5) is 13.0. The third-order valence-corrected chi connectivity index (χ3v) is 3.86. The highest BCUT2D eigenvalue weighted by atomic mass is 35.5. The molecule has 0 saturated heterocycles. The number of hydrogen-bond acceptors (Lipinski definition) is 5. The highest BCUT2D eigenvalue weighted by Crippen LogP contribution is 2.23. The Morgan fingerprint density at radius 1 is 1.17 bits per heavy atom. The second-order valence-corrected chi connectivity index (χ2v) is 5.79. The van der Waals surface area contributed by atoms with Gasteiger partial charge in [0.15, 0.2) is 5.82 Å². The van der Waals surface area contributed by atoms with Crippen LogP contribution in [0.1, 0.15) is 17.4 Å². The summed E-state index contributed by atoms with van der Waals surface area (Å²) in [5.74, 6) is 1.24. The van der Waals surface area contributed by atoms with Gasteiger partial charge in [0.05, 0.1) is 6.10 Å². The number of hydrogen-bond donors (Lipinski definition) is 2. The van der Waals surface area contributed by atoms with E-state index in [-0.39, 0.29) is 0 Å². The van der Waals surface area contributed by atoms with E-state index in [9.17, 15) is 5.11 Å². The Morgan fingerprint density at radius 3 is 2.75 bits per heavy atom. The van der Waals surface area contributed by atoms with Crippen LogP contribution in [0, 0.1) is 6.92 Å². The maximum Gasteiger partial charge on any atom is 0.163 e. The first-order valence-corrected chi connectivity index (χ1v) is 7.94. The Hall–Kier alpha value is -2.50. The molecule has 0 fully saturated rings. The van der Waals surface area contributed by atoms with Gasteiger partial charge in [0.2, 0.25) is 0 Å². The molecule has 0 spiro atoms. The number of aryl methyl sites for hydroxylation is 1. The normalized spacial score (nSPS) is 12.0. The molecule has 0 amide bonds. The van der Waals surface area contributed by atoms with Crippen LogP contribution >= 0.6 is 11.6 Å². The molecule has 0 aliphatic carbocycles. The number of aliphatic hydroxyl groups is 1. The highest BCUT2D eigenvalue weighted by Gasteiger charge is 2.12. The van der Waals surface area contributed by atoms with Crippen molar-refractivity contribution in [2.75, 3.05) is 11.9 Å².